The van der Waals surface area contributed by atoms with E-state index in [1.807, 2.05) is 32.0 Å². The van der Waals surface area contributed by atoms with Crippen LogP contribution in [-0.2, 0) is 27.5 Å². The van der Waals surface area contributed by atoms with Gasteiger partial charge in [0.15, 0.2) is 9.84 Å². The van der Waals surface area contributed by atoms with E-state index in [-0.39, 0.29) is 24.1 Å². The summed E-state index contributed by atoms with van der Waals surface area (Å²) < 4.78 is 25.5. The lowest BCUT2D eigenvalue weighted by molar-refractivity contribution is -0.132. The average Bonchev–Trinajstić information content (AvgIpc) is 3.21. The molecule has 0 radical (unpaired) electrons. The van der Waals surface area contributed by atoms with Crippen molar-refractivity contribution in [2.24, 2.45) is 0 Å². The van der Waals surface area contributed by atoms with Crippen LogP contribution in [-0.4, -0.2) is 31.5 Å². The second-order valence-electron chi connectivity index (χ2n) is 7.44. The predicted octanol–water partition coefficient (Wildman–Crippen LogP) is 3.82. The van der Waals surface area contributed by atoms with Crippen LogP contribution in [0.2, 0.25) is 0 Å². The van der Waals surface area contributed by atoms with Gasteiger partial charge in [0.25, 0.3) is 0 Å². The number of nitrogens with zero attached hydrogens (tertiary/aromatic N) is 2. The summed E-state index contributed by atoms with van der Waals surface area (Å²) in [6.45, 7) is 4.28. The summed E-state index contributed by atoms with van der Waals surface area (Å²) in [5.74, 6) is -0.379. The van der Waals surface area contributed by atoms with Gasteiger partial charge in [0.2, 0.25) is 5.91 Å². The van der Waals surface area contributed by atoms with Crippen LogP contribution in [0.4, 0.5) is 0 Å². The molecule has 1 unspecified atom stereocenters. The number of hydrogen-bond donors (Lipinski definition) is 0. The van der Waals surface area contributed by atoms with E-state index < -0.39 is 9.84 Å². The summed E-state index contributed by atoms with van der Waals surface area (Å²) >= 11 is 0. The molecule has 5 nitrogen and oxygen atoms in total. The van der Waals surface area contributed by atoms with E-state index in [2.05, 4.69) is 6.07 Å². The quantitative estimate of drug-likeness (QED) is 0.695. The van der Waals surface area contributed by atoms with Gasteiger partial charge in [0.1, 0.15) is 0 Å². The highest BCUT2D eigenvalue weighted by Gasteiger charge is 2.24. The minimum Gasteiger partial charge on any atom is -0.336 e. The average molecular weight is 411 g/mol. The molecule has 1 amide bonds. The first kappa shape index (κ1) is 21.1. The number of aryl methyl sites for hydroxylation is 2. The molecular weight excluding hydrogens is 384 g/mol. The van der Waals surface area contributed by atoms with E-state index in [0.29, 0.717) is 17.0 Å². The first-order valence-corrected chi connectivity index (χ1v) is 11.6. The van der Waals surface area contributed by atoms with E-state index in [0.717, 1.165) is 30.4 Å². The van der Waals surface area contributed by atoms with E-state index >= 15 is 0 Å². The molecule has 0 saturated heterocycles. The fourth-order valence-corrected chi connectivity index (χ4v) is 5.18. The second-order valence-corrected chi connectivity index (χ2v) is 9.55. The van der Waals surface area contributed by atoms with Crippen LogP contribution >= 0.6 is 0 Å². The zero-order valence-electron chi connectivity index (χ0n) is 16.9. The second kappa shape index (κ2) is 8.79. The highest BCUT2D eigenvalue weighted by Crippen LogP contribution is 2.26. The zero-order chi connectivity index (χ0) is 21.0. The van der Waals surface area contributed by atoms with Crippen LogP contribution in [0.5, 0.6) is 0 Å². The van der Waals surface area contributed by atoms with E-state index in [1.54, 1.807) is 29.2 Å². The maximum absolute atomic E-state index is 12.8. The number of carbonyl (C=O) groups is 1. The monoisotopic (exact) mass is 410 g/mol. The fraction of sp³-hybridized carbons (Fsp3) is 0.391. The van der Waals surface area contributed by atoms with Crippen LogP contribution < -0.4 is 0 Å². The fourth-order valence-electron chi connectivity index (χ4n) is 3.91. The Morgan fingerprint density at radius 3 is 2.48 bits per heavy atom. The molecule has 6 heteroatoms. The Morgan fingerprint density at radius 1 is 1.14 bits per heavy atom. The highest BCUT2D eigenvalue weighted by atomic mass is 32.2. The predicted molar refractivity (Wildman–Crippen MR) is 112 cm³/mol. The van der Waals surface area contributed by atoms with Crippen molar-refractivity contribution in [1.29, 1.82) is 5.26 Å². The molecule has 0 bridgehead atoms. The first-order chi connectivity index (χ1) is 13.9. The molecule has 1 aliphatic rings. The molecule has 29 heavy (non-hydrogen) atoms. The Morgan fingerprint density at radius 2 is 1.83 bits per heavy atom. The molecule has 0 saturated carbocycles. The van der Waals surface area contributed by atoms with Gasteiger partial charge >= 0.3 is 0 Å². The number of benzene rings is 2. The van der Waals surface area contributed by atoms with Crippen LogP contribution in [0.3, 0.4) is 0 Å². The van der Waals surface area contributed by atoms with Crippen molar-refractivity contribution in [3.8, 4) is 6.07 Å². The van der Waals surface area contributed by atoms with E-state index in [9.17, 15) is 13.2 Å². The molecule has 2 aromatic carbocycles. The van der Waals surface area contributed by atoms with Gasteiger partial charge in [-0.25, -0.2) is 8.42 Å². The molecule has 0 N–H and O–H groups in total. The summed E-state index contributed by atoms with van der Waals surface area (Å²) in [4.78, 5) is 14.8. The highest BCUT2D eigenvalue weighted by molar-refractivity contribution is 7.91. The topological polar surface area (TPSA) is 78.2 Å². The van der Waals surface area contributed by atoms with Gasteiger partial charge in [0, 0.05) is 13.0 Å². The summed E-state index contributed by atoms with van der Waals surface area (Å²) in [6.07, 6.45) is 2.94. The zero-order valence-corrected chi connectivity index (χ0v) is 17.7. The Balaban J connectivity index is 1.68. The lowest BCUT2D eigenvalue weighted by Gasteiger charge is -2.28. The van der Waals surface area contributed by atoms with Crippen LogP contribution in [0.15, 0.2) is 47.4 Å². The van der Waals surface area contributed by atoms with Crippen molar-refractivity contribution in [2.45, 2.75) is 50.5 Å². The molecule has 0 fully saturated rings. The van der Waals surface area contributed by atoms with Crippen LogP contribution in [0.1, 0.15) is 55.0 Å². The molecule has 1 aliphatic carbocycles. The minimum atomic E-state index is -3.50. The number of sulfone groups is 1. The molecule has 1 atom stereocenters. The molecule has 0 aromatic heterocycles. The number of rotatable bonds is 7. The summed E-state index contributed by atoms with van der Waals surface area (Å²) in [5.41, 5.74) is 3.83. The molecule has 152 valence electrons. The third kappa shape index (κ3) is 4.68. The van der Waals surface area contributed by atoms with Crippen LogP contribution in [0, 0.1) is 11.3 Å². The largest absolute Gasteiger partial charge is 0.336 e. The number of carbonyl (C=O) groups excluding carboxylic acids is 1. The number of fused-ring (bicyclic) bond motifs is 1. The van der Waals surface area contributed by atoms with E-state index in [4.69, 9.17) is 5.26 Å². The van der Waals surface area contributed by atoms with Gasteiger partial charge in [-0.3, -0.25) is 4.79 Å². The molecular formula is C23H26N2O3S. The van der Waals surface area contributed by atoms with Crippen molar-refractivity contribution in [3.05, 3.63) is 64.7 Å². The van der Waals surface area contributed by atoms with Gasteiger partial charge in [0.05, 0.1) is 28.3 Å². The summed E-state index contributed by atoms with van der Waals surface area (Å²) in [7, 11) is -3.50. The number of nitriles is 1. The SMILES string of the molecule is CCN(C(=O)CCS(=O)(=O)c1ccc2c(c1)CCC2)C(C)c1ccc(C#N)cc1. The molecule has 0 spiro atoms. The Hall–Kier alpha value is -2.65. The third-order valence-corrected chi connectivity index (χ3v) is 7.38. The van der Waals surface area contributed by atoms with Crippen molar-refractivity contribution >= 4 is 15.7 Å². The standard InChI is InChI=1S/C23H26N2O3S/c1-3-25(17(2)19-9-7-18(16-24)8-10-19)23(26)13-14-29(27,28)22-12-11-20-5-4-6-21(20)15-22/h7-12,15,17H,3-6,13-14H2,1-2H3. The smallest absolute Gasteiger partial charge is 0.224 e. The maximum Gasteiger partial charge on any atom is 0.224 e. The summed E-state index contributed by atoms with van der Waals surface area (Å²) in [5, 5.41) is 8.93. The van der Waals surface area contributed by atoms with Gasteiger partial charge in [-0.2, -0.15) is 5.26 Å². The van der Waals surface area contributed by atoms with Crippen LogP contribution in [0.25, 0.3) is 0 Å². The first-order valence-electron chi connectivity index (χ1n) is 10.00. The van der Waals surface area contributed by atoms with E-state index in [1.165, 1.54) is 5.56 Å². The van der Waals surface area contributed by atoms with Gasteiger partial charge < -0.3 is 4.90 Å². The molecule has 0 aliphatic heterocycles. The molecule has 3 rings (SSSR count). The molecule has 2 aromatic rings. The Kier molecular flexibility index (Phi) is 6.39. The minimum absolute atomic E-state index is 0.0477. The van der Waals surface area contributed by atoms with Gasteiger partial charge in [-0.05, 0) is 74.1 Å². The number of hydrogen-bond acceptors (Lipinski definition) is 4. The Labute approximate surface area is 172 Å². The maximum atomic E-state index is 12.8. The lowest BCUT2D eigenvalue weighted by Crippen LogP contribution is -2.34. The summed E-state index contributed by atoms with van der Waals surface area (Å²) in [6, 6.07) is 14.4. The van der Waals surface area contributed by atoms with Crippen molar-refractivity contribution in [3.63, 3.8) is 0 Å². The lowest BCUT2D eigenvalue weighted by atomic mass is 10.0. The normalized spacial score (nSPS) is 14.1. The van der Waals surface area contributed by atoms with Gasteiger partial charge in [-0.1, -0.05) is 18.2 Å². The Bertz CT molecular complexity index is 1040. The van der Waals surface area contributed by atoms with Crippen molar-refractivity contribution in [2.75, 3.05) is 12.3 Å². The van der Waals surface area contributed by atoms with Crippen molar-refractivity contribution in [1.82, 2.24) is 4.90 Å². The van der Waals surface area contributed by atoms with Crippen molar-refractivity contribution < 1.29 is 13.2 Å². The number of amides is 1. The molecule has 0 heterocycles. The van der Waals surface area contributed by atoms with Gasteiger partial charge in [-0.15, -0.1) is 0 Å². The third-order valence-electron chi connectivity index (χ3n) is 5.66.